The van der Waals surface area contributed by atoms with E-state index in [1.54, 1.807) is 13.8 Å². The van der Waals surface area contributed by atoms with Gasteiger partial charge in [-0.2, -0.15) is 0 Å². The van der Waals surface area contributed by atoms with Crippen LogP contribution in [-0.4, -0.2) is 28.4 Å². The second kappa shape index (κ2) is 6.06. The zero-order valence-electron chi connectivity index (χ0n) is 11.0. The van der Waals surface area contributed by atoms with E-state index in [2.05, 4.69) is 0 Å². The third kappa shape index (κ3) is 3.70. The average Bonchev–Trinajstić information content (AvgIpc) is 2.29. The molecule has 0 aliphatic carbocycles. The molecule has 0 saturated heterocycles. The number of nitrogens with zero attached hydrogens (tertiary/aromatic N) is 1. The van der Waals surface area contributed by atoms with E-state index in [1.807, 2.05) is 0 Å². The Morgan fingerprint density at radius 2 is 1.95 bits per heavy atom. The molecule has 6 heteroatoms. The lowest BCUT2D eigenvalue weighted by Gasteiger charge is -2.26. The summed E-state index contributed by atoms with van der Waals surface area (Å²) >= 11 is 4.77. The molecule has 0 aliphatic rings. The van der Waals surface area contributed by atoms with Gasteiger partial charge in [-0.05, 0) is 32.4 Å². The molecule has 104 valence electrons. The lowest BCUT2D eigenvalue weighted by Crippen LogP contribution is -2.42. The highest BCUT2D eigenvalue weighted by Gasteiger charge is 2.23. The van der Waals surface area contributed by atoms with Gasteiger partial charge in [0.15, 0.2) is 0 Å². The van der Waals surface area contributed by atoms with E-state index in [0.29, 0.717) is 6.07 Å². The van der Waals surface area contributed by atoms with Crippen LogP contribution in [0.1, 0.15) is 29.8 Å². The summed E-state index contributed by atoms with van der Waals surface area (Å²) in [6.07, 6.45) is 0. The molecule has 1 amide bonds. The number of benzene rings is 1. The Bertz CT molecular complexity index is 518. The molecule has 19 heavy (non-hydrogen) atoms. The van der Waals surface area contributed by atoms with E-state index in [-0.39, 0.29) is 28.7 Å². The quantitative estimate of drug-likeness (QED) is 0.865. The number of hydrogen-bond donors (Lipinski definition) is 1. The van der Waals surface area contributed by atoms with Gasteiger partial charge >= 0.3 is 0 Å². The van der Waals surface area contributed by atoms with E-state index >= 15 is 0 Å². The third-order valence-corrected chi connectivity index (χ3v) is 2.82. The minimum absolute atomic E-state index is 0.0572. The molecule has 0 aliphatic heterocycles. The van der Waals surface area contributed by atoms with Gasteiger partial charge in [0.2, 0.25) is 0 Å². The number of carbonyl (C=O) groups excluding carboxylic acids is 1. The first-order valence-corrected chi connectivity index (χ1v) is 6.19. The van der Waals surface area contributed by atoms with Crippen LogP contribution in [0.25, 0.3) is 0 Å². The van der Waals surface area contributed by atoms with Crippen molar-refractivity contribution in [3.05, 3.63) is 34.9 Å². The Labute approximate surface area is 116 Å². The maximum absolute atomic E-state index is 13.7. The summed E-state index contributed by atoms with van der Waals surface area (Å²) in [6, 6.07) is 1.71. The molecule has 0 spiro atoms. The second-order valence-corrected chi connectivity index (χ2v) is 5.10. The maximum atomic E-state index is 13.7. The van der Waals surface area contributed by atoms with Crippen LogP contribution in [0.5, 0.6) is 0 Å². The lowest BCUT2D eigenvalue weighted by molar-refractivity contribution is 0.0731. The van der Waals surface area contributed by atoms with Gasteiger partial charge in [-0.1, -0.05) is 12.2 Å². The molecule has 0 fully saturated rings. The average molecular weight is 286 g/mol. The maximum Gasteiger partial charge on any atom is 0.257 e. The van der Waals surface area contributed by atoms with Crippen molar-refractivity contribution in [3.8, 4) is 0 Å². The SMILES string of the molecule is Cc1cc(C(=O)N(CC(N)=S)C(C)C)c(F)cc1F. The fourth-order valence-corrected chi connectivity index (χ4v) is 1.77. The van der Waals surface area contributed by atoms with Crippen LogP contribution >= 0.6 is 12.2 Å². The van der Waals surface area contributed by atoms with Crippen molar-refractivity contribution < 1.29 is 13.6 Å². The van der Waals surface area contributed by atoms with E-state index in [1.165, 1.54) is 17.9 Å². The number of hydrogen-bond acceptors (Lipinski definition) is 2. The zero-order chi connectivity index (χ0) is 14.7. The van der Waals surface area contributed by atoms with Crippen molar-refractivity contribution in [1.82, 2.24) is 4.90 Å². The summed E-state index contributed by atoms with van der Waals surface area (Å²) < 4.78 is 26.9. The topological polar surface area (TPSA) is 46.3 Å². The Morgan fingerprint density at radius 3 is 2.42 bits per heavy atom. The largest absolute Gasteiger partial charge is 0.392 e. The lowest BCUT2D eigenvalue weighted by atomic mass is 10.1. The Morgan fingerprint density at radius 1 is 1.37 bits per heavy atom. The van der Waals surface area contributed by atoms with Crippen LogP contribution in [0.3, 0.4) is 0 Å². The van der Waals surface area contributed by atoms with Crippen LogP contribution in [0.2, 0.25) is 0 Å². The summed E-state index contributed by atoms with van der Waals surface area (Å²) in [7, 11) is 0. The van der Waals surface area contributed by atoms with Crippen molar-refractivity contribution in [2.75, 3.05) is 6.54 Å². The fourth-order valence-electron chi connectivity index (χ4n) is 1.63. The van der Waals surface area contributed by atoms with E-state index < -0.39 is 17.5 Å². The normalized spacial score (nSPS) is 10.6. The third-order valence-electron chi connectivity index (χ3n) is 2.69. The molecule has 0 atom stereocenters. The molecule has 0 unspecified atom stereocenters. The van der Waals surface area contributed by atoms with Crippen LogP contribution in [-0.2, 0) is 0 Å². The predicted molar refractivity (Wildman–Crippen MR) is 74.1 cm³/mol. The molecule has 1 rings (SSSR count). The Balaban J connectivity index is 3.16. The number of carbonyl (C=O) groups is 1. The summed E-state index contributed by atoms with van der Waals surface area (Å²) in [5.41, 5.74) is 5.46. The summed E-state index contributed by atoms with van der Waals surface area (Å²) in [6.45, 7) is 5.06. The molecule has 0 bridgehead atoms. The van der Waals surface area contributed by atoms with Gasteiger partial charge in [0.05, 0.1) is 17.1 Å². The zero-order valence-corrected chi connectivity index (χ0v) is 11.9. The molecule has 0 saturated carbocycles. The van der Waals surface area contributed by atoms with E-state index in [4.69, 9.17) is 18.0 Å². The van der Waals surface area contributed by atoms with E-state index in [0.717, 1.165) is 0 Å². The molecule has 0 heterocycles. The fraction of sp³-hybridized carbons (Fsp3) is 0.385. The number of thiocarbonyl (C=S) groups is 1. The Hall–Kier alpha value is -1.56. The van der Waals surface area contributed by atoms with Crippen molar-refractivity contribution in [1.29, 1.82) is 0 Å². The highest BCUT2D eigenvalue weighted by Crippen LogP contribution is 2.17. The smallest absolute Gasteiger partial charge is 0.257 e. The van der Waals surface area contributed by atoms with Gasteiger partial charge in [-0.25, -0.2) is 8.78 Å². The van der Waals surface area contributed by atoms with Crippen LogP contribution < -0.4 is 5.73 Å². The van der Waals surface area contributed by atoms with Crippen LogP contribution in [0.15, 0.2) is 12.1 Å². The first-order valence-electron chi connectivity index (χ1n) is 5.79. The number of amides is 1. The van der Waals surface area contributed by atoms with Gasteiger partial charge in [-0.3, -0.25) is 4.79 Å². The summed E-state index contributed by atoms with van der Waals surface area (Å²) in [4.78, 5) is 13.7. The van der Waals surface area contributed by atoms with Crippen LogP contribution in [0, 0.1) is 18.6 Å². The molecule has 0 aromatic heterocycles. The predicted octanol–water partition coefficient (Wildman–Crippen LogP) is 2.41. The molecule has 1 aromatic rings. The van der Waals surface area contributed by atoms with Gasteiger partial charge in [0.25, 0.3) is 5.91 Å². The highest BCUT2D eigenvalue weighted by molar-refractivity contribution is 7.80. The van der Waals surface area contributed by atoms with Crippen molar-refractivity contribution in [2.24, 2.45) is 5.73 Å². The monoisotopic (exact) mass is 286 g/mol. The molecule has 1 aromatic carbocycles. The highest BCUT2D eigenvalue weighted by atomic mass is 32.1. The summed E-state index contributed by atoms with van der Waals surface area (Å²) in [5, 5.41) is 0. The van der Waals surface area contributed by atoms with E-state index in [9.17, 15) is 13.6 Å². The van der Waals surface area contributed by atoms with Crippen molar-refractivity contribution in [2.45, 2.75) is 26.8 Å². The van der Waals surface area contributed by atoms with Crippen LogP contribution in [0.4, 0.5) is 8.78 Å². The number of rotatable bonds is 4. The van der Waals surface area contributed by atoms with Gasteiger partial charge in [0.1, 0.15) is 11.6 Å². The first kappa shape index (κ1) is 15.5. The Kier molecular flexibility index (Phi) is 4.94. The number of nitrogens with two attached hydrogens (primary N) is 1. The molecular weight excluding hydrogens is 270 g/mol. The van der Waals surface area contributed by atoms with Gasteiger partial charge in [0, 0.05) is 12.1 Å². The van der Waals surface area contributed by atoms with Gasteiger partial charge in [-0.15, -0.1) is 0 Å². The van der Waals surface area contributed by atoms with Crippen molar-refractivity contribution in [3.63, 3.8) is 0 Å². The number of halogens is 2. The molecular formula is C13H16F2N2OS. The minimum Gasteiger partial charge on any atom is -0.392 e. The molecule has 2 N–H and O–H groups in total. The molecule has 3 nitrogen and oxygen atoms in total. The van der Waals surface area contributed by atoms with Gasteiger partial charge < -0.3 is 10.6 Å². The number of aryl methyl sites for hydroxylation is 1. The standard InChI is InChI=1S/C13H16F2N2OS/c1-7(2)17(6-12(16)19)13(18)9-4-8(3)10(14)5-11(9)15/h4-5,7H,6H2,1-3H3,(H2,16,19). The summed E-state index contributed by atoms with van der Waals surface area (Å²) in [5.74, 6) is -2.12. The minimum atomic E-state index is -0.887. The molecule has 0 radical (unpaired) electrons. The first-order chi connectivity index (χ1) is 8.73. The van der Waals surface area contributed by atoms with Crippen molar-refractivity contribution >= 4 is 23.1 Å². The second-order valence-electron chi connectivity index (χ2n) is 4.57.